The molecule has 0 radical (unpaired) electrons. The zero-order chi connectivity index (χ0) is 25.8. The zero-order valence-electron chi connectivity index (χ0n) is 18.9. The van der Waals surface area contributed by atoms with Gasteiger partial charge in [0.15, 0.2) is 11.6 Å². The summed E-state index contributed by atoms with van der Waals surface area (Å²) in [4.78, 5) is 29.2. The molecule has 2 heterocycles. The van der Waals surface area contributed by atoms with E-state index in [1.807, 2.05) is 0 Å². The number of pyridine rings is 1. The highest BCUT2D eigenvalue weighted by Crippen LogP contribution is 2.37. The average Bonchev–Trinajstić information content (AvgIpc) is 3.39. The minimum atomic E-state index is -0.716. The van der Waals surface area contributed by atoms with Crippen molar-refractivity contribution in [3.05, 3.63) is 83.3 Å². The van der Waals surface area contributed by atoms with Crippen molar-refractivity contribution >= 4 is 34.9 Å². The average molecular weight is 502 g/mol. The summed E-state index contributed by atoms with van der Waals surface area (Å²) in [5.74, 6) is -1.12. The van der Waals surface area contributed by atoms with Gasteiger partial charge in [0.25, 0.3) is 5.91 Å². The Bertz CT molecular complexity index is 1490. The lowest BCUT2D eigenvalue weighted by Crippen LogP contribution is -2.32. The third-order valence-electron chi connectivity index (χ3n) is 5.20. The molecule has 0 saturated carbocycles. The summed E-state index contributed by atoms with van der Waals surface area (Å²) in [6.45, 7) is 1.56. The molecule has 5 N–H and O–H groups in total. The predicted octanol–water partition coefficient (Wildman–Crippen LogP) is 4.78. The number of nitrogens with two attached hydrogens (primary N) is 1. The maximum absolute atomic E-state index is 12.7. The van der Waals surface area contributed by atoms with E-state index in [2.05, 4.69) is 21.7 Å². The number of carbonyl (C=O) groups is 2. The smallest absolute Gasteiger partial charge is 0.292 e. The van der Waals surface area contributed by atoms with Crippen molar-refractivity contribution in [3.63, 3.8) is 0 Å². The minimum Gasteiger partial charge on any atom is -0.507 e. The van der Waals surface area contributed by atoms with Crippen LogP contribution < -0.4 is 16.4 Å². The summed E-state index contributed by atoms with van der Waals surface area (Å²) in [5.41, 5.74) is 7.76. The van der Waals surface area contributed by atoms with Gasteiger partial charge in [-0.15, -0.1) is 0 Å². The van der Waals surface area contributed by atoms with E-state index in [9.17, 15) is 20.0 Å². The van der Waals surface area contributed by atoms with Crippen molar-refractivity contribution < 1.29 is 19.1 Å². The maximum Gasteiger partial charge on any atom is 0.292 e. The van der Waals surface area contributed by atoms with Gasteiger partial charge in [-0.1, -0.05) is 23.7 Å². The van der Waals surface area contributed by atoms with Crippen molar-refractivity contribution in [2.24, 2.45) is 5.73 Å². The number of anilines is 2. The number of hydrogen-bond donors (Lipinski definition) is 4. The van der Waals surface area contributed by atoms with E-state index >= 15 is 0 Å². The molecule has 1 atom stereocenters. The molecule has 1 unspecified atom stereocenters. The number of nitrogens with zero attached hydrogens (tertiary/aromatic N) is 2. The number of carbonyl (C=O) groups excluding carboxylic acids is 2. The predicted molar refractivity (Wildman–Crippen MR) is 135 cm³/mol. The SMILES string of the molecule is CC(N)C(=O)Nc1cccc(-c2cc(-c3ccc(Cl)cc3O)nc(NC(=O)c3ccco3)c2C#N)c1. The molecule has 2 amide bonds. The van der Waals surface area contributed by atoms with Gasteiger partial charge in [-0.05, 0) is 61.0 Å². The molecule has 0 aliphatic heterocycles. The lowest BCUT2D eigenvalue weighted by molar-refractivity contribution is -0.117. The van der Waals surface area contributed by atoms with E-state index in [4.69, 9.17) is 21.8 Å². The van der Waals surface area contributed by atoms with Gasteiger partial charge < -0.3 is 25.9 Å². The van der Waals surface area contributed by atoms with E-state index in [0.717, 1.165) is 0 Å². The normalized spacial score (nSPS) is 11.4. The van der Waals surface area contributed by atoms with Crippen LogP contribution in [0.1, 0.15) is 23.0 Å². The van der Waals surface area contributed by atoms with Crippen LogP contribution in [0.5, 0.6) is 5.75 Å². The molecular formula is C26H20ClN5O4. The van der Waals surface area contributed by atoms with Crippen molar-refractivity contribution in [3.8, 4) is 34.2 Å². The Morgan fingerprint density at radius 2 is 1.92 bits per heavy atom. The first-order valence-corrected chi connectivity index (χ1v) is 11.1. The summed E-state index contributed by atoms with van der Waals surface area (Å²) < 4.78 is 5.15. The number of amides is 2. The molecule has 0 aliphatic rings. The minimum absolute atomic E-state index is 0.0302. The fourth-order valence-corrected chi connectivity index (χ4v) is 3.60. The number of nitriles is 1. The fourth-order valence-electron chi connectivity index (χ4n) is 3.43. The third kappa shape index (κ3) is 5.20. The van der Waals surface area contributed by atoms with Gasteiger partial charge in [-0.25, -0.2) is 4.98 Å². The highest BCUT2D eigenvalue weighted by molar-refractivity contribution is 6.30. The summed E-state index contributed by atoms with van der Waals surface area (Å²) >= 11 is 5.98. The monoisotopic (exact) mass is 501 g/mol. The van der Waals surface area contributed by atoms with E-state index in [0.29, 0.717) is 27.4 Å². The molecular weight excluding hydrogens is 482 g/mol. The number of phenolic OH excluding ortho intramolecular Hbond substituents is 1. The lowest BCUT2D eigenvalue weighted by atomic mass is 9.97. The standard InChI is InChI=1S/C26H20ClN5O4/c1-14(29)25(34)30-17-5-2-4-15(10-17)19-12-21(18-8-7-16(27)11-22(18)33)31-24(20(19)13-28)32-26(35)23-6-3-9-36-23/h2-12,14,33H,29H2,1H3,(H,30,34)(H,31,32,35). The Hall–Kier alpha value is -4.65. The van der Waals surface area contributed by atoms with Gasteiger partial charge in [0.2, 0.25) is 5.91 Å². The van der Waals surface area contributed by atoms with Crippen LogP contribution in [0.3, 0.4) is 0 Å². The lowest BCUT2D eigenvalue weighted by Gasteiger charge is -2.15. The summed E-state index contributed by atoms with van der Waals surface area (Å²) in [5, 5.41) is 26.2. The van der Waals surface area contributed by atoms with Gasteiger partial charge in [-0.2, -0.15) is 5.26 Å². The van der Waals surface area contributed by atoms with Crippen molar-refractivity contribution in [1.82, 2.24) is 4.98 Å². The second-order valence-electron chi connectivity index (χ2n) is 7.84. The number of rotatable bonds is 6. The second-order valence-corrected chi connectivity index (χ2v) is 8.28. The van der Waals surface area contributed by atoms with E-state index in [1.54, 1.807) is 55.5 Å². The highest BCUT2D eigenvalue weighted by atomic mass is 35.5. The van der Waals surface area contributed by atoms with Crippen LogP contribution in [-0.4, -0.2) is 27.9 Å². The Kier molecular flexibility index (Phi) is 7.01. The molecule has 36 heavy (non-hydrogen) atoms. The summed E-state index contributed by atoms with van der Waals surface area (Å²) in [7, 11) is 0. The van der Waals surface area contributed by atoms with Gasteiger partial charge >= 0.3 is 0 Å². The number of furan rings is 1. The largest absolute Gasteiger partial charge is 0.507 e. The molecule has 2 aromatic heterocycles. The first-order valence-electron chi connectivity index (χ1n) is 10.7. The van der Waals surface area contributed by atoms with E-state index < -0.39 is 11.9 Å². The van der Waals surface area contributed by atoms with Crippen LogP contribution in [0.15, 0.2) is 71.3 Å². The number of aromatic hydroxyl groups is 1. The van der Waals surface area contributed by atoms with Crippen LogP contribution in [0.25, 0.3) is 22.4 Å². The quantitative estimate of drug-likeness (QED) is 0.296. The Balaban J connectivity index is 1.88. The molecule has 9 nitrogen and oxygen atoms in total. The van der Waals surface area contributed by atoms with Crippen molar-refractivity contribution in [2.45, 2.75) is 13.0 Å². The first kappa shape index (κ1) is 24.5. The van der Waals surface area contributed by atoms with Gasteiger partial charge in [0, 0.05) is 21.8 Å². The molecule has 0 fully saturated rings. The Labute approximate surface area is 211 Å². The molecule has 0 saturated heterocycles. The number of halogens is 1. The fraction of sp³-hybridized carbons (Fsp3) is 0.0769. The summed E-state index contributed by atoms with van der Waals surface area (Å²) in [6.07, 6.45) is 1.35. The molecule has 2 aromatic carbocycles. The number of phenols is 1. The van der Waals surface area contributed by atoms with Gasteiger partial charge in [-0.3, -0.25) is 9.59 Å². The molecule has 0 aliphatic carbocycles. The van der Waals surface area contributed by atoms with Crippen molar-refractivity contribution in [1.29, 1.82) is 5.26 Å². The van der Waals surface area contributed by atoms with Gasteiger partial charge in [0.05, 0.1) is 18.0 Å². The van der Waals surface area contributed by atoms with Gasteiger partial charge in [0.1, 0.15) is 17.4 Å². The maximum atomic E-state index is 12.7. The molecule has 10 heteroatoms. The number of benzene rings is 2. The van der Waals surface area contributed by atoms with Crippen LogP contribution in [-0.2, 0) is 4.79 Å². The van der Waals surface area contributed by atoms with Crippen LogP contribution in [0, 0.1) is 11.3 Å². The van der Waals surface area contributed by atoms with Crippen LogP contribution in [0.4, 0.5) is 11.5 Å². The van der Waals surface area contributed by atoms with E-state index in [1.165, 1.54) is 18.4 Å². The number of aromatic nitrogens is 1. The van der Waals surface area contributed by atoms with Crippen LogP contribution in [0.2, 0.25) is 5.02 Å². The number of hydrogen-bond acceptors (Lipinski definition) is 7. The Morgan fingerprint density at radius 1 is 1.11 bits per heavy atom. The summed E-state index contributed by atoms with van der Waals surface area (Å²) in [6, 6.07) is 17.3. The highest BCUT2D eigenvalue weighted by Gasteiger charge is 2.20. The first-order chi connectivity index (χ1) is 17.3. The number of nitrogens with one attached hydrogen (secondary N) is 2. The van der Waals surface area contributed by atoms with E-state index in [-0.39, 0.29) is 34.5 Å². The third-order valence-corrected chi connectivity index (χ3v) is 5.43. The van der Waals surface area contributed by atoms with Crippen LogP contribution >= 0.6 is 11.6 Å². The van der Waals surface area contributed by atoms with Crippen molar-refractivity contribution in [2.75, 3.05) is 10.6 Å². The topological polar surface area (TPSA) is 154 Å². The molecule has 0 spiro atoms. The molecule has 0 bridgehead atoms. The zero-order valence-corrected chi connectivity index (χ0v) is 19.7. The Morgan fingerprint density at radius 3 is 2.58 bits per heavy atom. The molecule has 4 aromatic rings. The second kappa shape index (κ2) is 10.3. The molecule has 4 rings (SSSR count). The molecule has 180 valence electrons.